The second-order valence-corrected chi connectivity index (χ2v) is 5.72. The van der Waals surface area contributed by atoms with E-state index in [4.69, 9.17) is 4.52 Å². The van der Waals surface area contributed by atoms with Gasteiger partial charge in [-0.05, 0) is 36.7 Å². The number of halogens is 1. The van der Waals surface area contributed by atoms with Crippen molar-refractivity contribution in [1.82, 2.24) is 19.9 Å². The van der Waals surface area contributed by atoms with Crippen LogP contribution in [0.1, 0.15) is 30.2 Å². The quantitative estimate of drug-likeness (QED) is 0.721. The molecule has 0 radical (unpaired) electrons. The van der Waals surface area contributed by atoms with Gasteiger partial charge in [0.2, 0.25) is 5.82 Å². The van der Waals surface area contributed by atoms with E-state index in [1.807, 2.05) is 55.8 Å². The van der Waals surface area contributed by atoms with Gasteiger partial charge in [0, 0.05) is 5.56 Å². The molecule has 6 heteroatoms. The van der Waals surface area contributed by atoms with Crippen molar-refractivity contribution in [2.45, 2.75) is 26.8 Å². The maximum absolute atomic E-state index is 5.40. The first-order chi connectivity index (χ1) is 10.1. The highest BCUT2D eigenvalue weighted by atomic mass is 79.9. The summed E-state index contributed by atoms with van der Waals surface area (Å²) in [6.45, 7) is 5.97. The van der Waals surface area contributed by atoms with Crippen LogP contribution in [0.25, 0.3) is 11.4 Å². The smallest absolute Gasteiger partial charge is 0.251 e. The molecule has 5 nitrogen and oxygen atoms in total. The average Bonchev–Trinajstić information content (AvgIpc) is 3.09. The van der Waals surface area contributed by atoms with E-state index in [1.54, 1.807) is 0 Å². The predicted molar refractivity (Wildman–Crippen MR) is 82.9 cm³/mol. The summed E-state index contributed by atoms with van der Waals surface area (Å²) in [7, 11) is 0. The monoisotopic (exact) mass is 346 g/mol. The molecule has 1 unspecified atom stereocenters. The number of aryl methyl sites for hydroxylation is 1. The number of nitrogens with zero attached hydrogens (tertiary/aromatic N) is 4. The van der Waals surface area contributed by atoms with Gasteiger partial charge >= 0.3 is 0 Å². The van der Waals surface area contributed by atoms with Gasteiger partial charge in [-0.1, -0.05) is 35.5 Å². The van der Waals surface area contributed by atoms with Crippen molar-refractivity contribution < 1.29 is 4.52 Å². The Morgan fingerprint density at radius 1 is 1.19 bits per heavy atom. The molecule has 3 aromatic rings. The van der Waals surface area contributed by atoms with Gasteiger partial charge in [-0.25, -0.2) is 0 Å². The van der Waals surface area contributed by atoms with E-state index in [1.165, 1.54) is 0 Å². The molecule has 0 aliphatic carbocycles. The molecule has 0 saturated carbocycles. The van der Waals surface area contributed by atoms with Crippen LogP contribution in [0.15, 0.2) is 39.3 Å². The molecule has 0 bridgehead atoms. The number of hydrogen-bond donors (Lipinski definition) is 0. The van der Waals surface area contributed by atoms with E-state index in [2.05, 4.69) is 31.2 Å². The van der Waals surface area contributed by atoms with Crippen LogP contribution in [0.4, 0.5) is 0 Å². The van der Waals surface area contributed by atoms with E-state index < -0.39 is 0 Å². The van der Waals surface area contributed by atoms with Gasteiger partial charge in [0.25, 0.3) is 5.89 Å². The Hall–Kier alpha value is -1.95. The van der Waals surface area contributed by atoms with Crippen molar-refractivity contribution in [2.75, 3.05) is 0 Å². The third kappa shape index (κ3) is 2.51. The summed E-state index contributed by atoms with van der Waals surface area (Å²) in [5, 5.41) is 8.56. The standard InChI is InChI=1S/C15H15BrN4O/c1-9-13(16)10(2)20(18-9)11(3)15-17-14(19-21-15)12-7-5-4-6-8-12/h4-8,11H,1-3H3. The number of hydrogen-bond acceptors (Lipinski definition) is 4. The molecule has 0 saturated heterocycles. The van der Waals surface area contributed by atoms with Gasteiger partial charge in [-0.15, -0.1) is 0 Å². The van der Waals surface area contributed by atoms with Crippen LogP contribution in [-0.4, -0.2) is 19.9 Å². The number of benzene rings is 1. The highest BCUT2D eigenvalue weighted by Gasteiger charge is 2.21. The highest BCUT2D eigenvalue weighted by Crippen LogP contribution is 2.26. The summed E-state index contributed by atoms with van der Waals surface area (Å²) in [5.41, 5.74) is 2.93. The lowest BCUT2D eigenvalue weighted by molar-refractivity contribution is 0.334. The van der Waals surface area contributed by atoms with E-state index >= 15 is 0 Å². The Morgan fingerprint density at radius 2 is 1.90 bits per heavy atom. The first-order valence-corrected chi connectivity index (χ1v) is 7.47. The topological polar surface area (TPSA) is 56.7 Å². The third-order valence-electron chi connectivity index (χ3n) is 3.43. The van der Waals surface area contributed by atoms with Crippen molar-refractivity contribution in [3.63, 3.8) is 0 Å². The average molecular weight is 347 g/mol. The van der Waals surface area contributed by atoms with Crippen LogP contribution in [0.3, 0.4) is 0 Å². The van der Waals surface area contributed by atoms with Crippen LogP contribution in [0.5, 0.6) is 0 Å². The summed E-state index contributed by atoms with van der Waals surface area (Å²) in [6.07, 6.45) is 0. The summed E-state index contributed by atoms with van der Waals surface area (Å²) in [6, 6.07) is 9.67. The molecule has 2 heterocycles. The van der Waals surface area contributed by atoms with E-state index in [0.29, 0.717) is 11.7 Å². The zero-order valence-electron chi connectivity index (χ0n) is 12.0. The van der Waals surface area contributed by atoms with Gasteiger partial charge in [0.15, 0.2) is 0 Å². The zero-order chi connectivity index (χ0) is 15.0. The molecule has 2 aromatic heterocycles. The molecule has 21 heavy (non-hydrogen) atoms. The first kappa shape index (κ1) is 14.0. The fourth-order valence-corrected chi connectivity index (χ4v) is 2.49. The second-order valence-electron chi connectivity index (χ2n) is 4.93. The van der Waals surface area contributed by atoms with Gasteiger partial charge in [0.1, 0.15) is 6.04 Å². The molecule has 1 atom stereocenters. The van der Waals surface area contributed by atoms with Crippen LogP contribution < -0.4 is 0 Å². The van der Waals surface area contributed by atoms with Crippen molar-refractivity contribution in [3.05, 3.63) is 52.1 Å². The molecular weight excluding hydrogens is 332 g/mol. The Labute approximate surface area is 131 Å². The molecule has 0 amide bonds. The van der Waals surface area contributed by atoms with Crippen LogP contribution in [0, 0.1) is 13.8 Å². The van der Waals surface area contributed by atoms with Crippen molar-refractivity contribution in [3.8, 4) is 11.4 Å². The Balaban J connectivity index is 1.94. The second kappa shape index (κ2) is 5.44. The number of rotatable bonds is 3. The van der Waals surface area contributed by atoms with Gasteiger partial charge in [0.05, 0.1) is 15.9 Å². The van der Waals surface area contributed by atoms with Crippen LogP contribution >= 0.6 is 15.9 Å². The maximum atomic E-state index is 5.40. The maximum Gasteiger partial charge on any atom is 0.251 e. The molecular formula is C15H15BrN4O. The predicted octanol–water partition coefficient (Wildman–Crippen LogP) is 3.92. The SMILES string of the molecule is Cc1nn(C(C)c2nc(-c3ccccc3)no2)c(C)c1Br. The molecule has 0 fully saturated rings. The molecule has 1 aromatic carbocycles. The van der Waals surface area contributed by atoms with Gasteiger partial charge < -0.3 is 4.52 Å². The fraction of sp³-hybridized carbons (Fsp3) is 0.267. The number of aromatic nitrogens is 4. The van der Waals surface area contributed by atoms with Crippen LogP contribution in [-0.2, 0) is 0 Å². The Bertz CT molecular complexity index is 763. The van der Waals surface area contributed by atoms with Crippen molar-refractivity contribution in [2.24, 2.45) is 0 Å². The first-order valence-electron chi connectivity index (χ1n) is 6.68. The summed E-state index contributed by atoms with van der Waals surface area (Å²) in [4.78, 5) is 4.48. The zero-order valence-corrected chi connectivity index (χ0v) is 13.6. The van der Waals surface area contributed by atoms with Crippen molar-refractivity contribution in [1.29, 1.82) is 0 Å². The minimum atomic E-state index is -0.111. The summed E-state index contributed by atoms with van der Waals surface area (Å²) < 4.78 is 8.30. The van der Waals surface area contributed by atoms with Gasteiger partial charge in [-0.2, -0.15) is 10.1 Å². The van der Waals surface area contributed by atoms with Gasteiger partial charge in [-0.3, -0.25) is 4.68 Å². The van der Waals surface area contributed by atoms with Crippen molar-refractivity contribution >= 4 is 15.9 Å². The lowest BCUT2D eigenvalue weighted by Crippen LogP contribution is -2.10. The molecule has 0 N–H and O–H groups in total. The molecule has 0 spiro atoms. The van der Waals surface area contributed by atoms with E-state index in [-0.39, 0.29) is 6.04 Å². The molecule has 0 aliphatic heterocycles. The highest BCUT2D eigenvalue weighted by molar-refractivity contribution is 9.10. The minimum Gasteiger partial charge on any atom is -0.337 e. The Kier molecular flexibility index (Phi) is 3.63. The normalized spacial score (nSPS) is 12.6. The lowest BCUT2D eigenvalue weighted by Gasteiger charge is -2.09. The summed E-state index contributed by atoms with van der Waals surface area (Å²) >= 11 is 3.53. The minimum absolute atomic E-state index is 0.111. The summed E-state index contributed by atoms with van der Waals surface area (Å²) in [5.74, 6) is 1.14. The largest absolute Gasteiger partial charge is 0.337 e. The van der Waals surface area contributed by atoms with E-state index in [9.17, 15) is 0 Å². The lowest BCUT2D eigenvalue weighted by atomic mass is 10.2. The fourth-order valence-electron chi connectivity index (χ4n) is 2.23. The molecule has 0 aliphatic rings. The third-order valence-corrected chi connectivity index (χ3v) is 4.58. The van der Waals surface area contributed by atoms with Crippen LogP contribution in [0.2, 0.25) is 0 Å². The molecule has 108 valence electrons. The molecule has 3 rings (SSSR count). The van der Waals surface area contributed by atoms with E-state index in [0.717, 1.165) is 21.4 Å². The Morgan fingerprint density at radius 3 is 2.52 bits per heavy atom.